The zero-order valence-electron chi connectivity index (χ0n) is 13.2. The standard InChI is InChI=1S/C17H26F2N2/c1-12(2)20-10-14-6-5-9-21(11-14)13(3)17-15(18)7-4-8-16(17)19/h4,7-8,12-14,20H,5-6,9-11H2,1-3H3. The molecule has 118 valence electrons. The van der Waals surface area contributed by atoms with Crippen LogP contribution in [0.4, 0.5) is 8.78 Å². The van der Waals surface area contributed by atoms with Crippen LogP contribution in [0, 0.1) is 17.6 Å². The van der Waals surface area contributed by atoms with E-state index in [-0.39, 0.29) is 11.6 Å². The van der Waals surface area contributed by atoms with Crippen molar-refractivity contribution in [2.24, 2.45) is 5.92 Å². The molecule has 21 heavy (non-hydrogen) atoms. The quantitative estimate of drug-likeness (QED) is 0.890. The average molecular weight is 296 g/mol. The minimum Gasteiger partial charge on any atom is -0.314 e. The first kappa shape index (κ1) is 16.4. The van der Waals surface area contributed by atoms with Crippen molar-refractivity contribution in [2.75, 3.05) is 19.6 Å². The maximum atomic E-state index is 13.9. The van der Waals surface area contributed by atoms with Crippen molar-refractivity contribution in [1.82, 2.24) is 10.2 Å². The normalized spacial score (nSPS) is 21.7. The van der Waals surface area contributed by atoms with Gasteiger partial charge < -0.3 is 5.32 Å². The summed E-state index contributed by atoms with van der Waals surface area (Å²) in [7, 11) is 0. The summed E-state index contributed by atoms with van der Waals surface area (Å²) < 4.78 is 27.9. The van der Waals surface area contributed by atoms with Crippen molar-refractivity contribution in [3.8, 4) is 0 Å². The van der Waals surface area contributed by atoms with Gasteiger partial charge in [-0.25, -0.2) is 8.78 Å². The van der Waals surface area contributed by atoms with Crippen LogP contribution >= 0.6 is 0 Å². The Bertz CT molecular complexity index is 442. The molecule has 1 heterocycles. The number of nitrogens with one attached hydrogen (secondary N) is 1. The van der Waals surface area contributed by atoms with E-state index >= 15 is 0 Å². The third-order valence-corrected chi connectivity index (χ3v) is 4.33. The smallest absolute Gasteiger partial charge is 0.130 e. The summed E-state index contributed by atoms with van der Waals surface area (Å²) in [4.78, 5) is 2.21. The Morgan fingerprint density at radius 2 is 1.90 bits per heavy atom. The van der Waals surface area contributed by atoms with Crippen molar-refractivity contribution < 1.29 is 8.78 Å². The van der Waals surface area contributed by atoms with Gasteiger partial charge in [-0.05, 0) is 50.9 Å². The van der Waals surface area contributed by atoms with Gasteiger partial charge in [0.2, 0.25) is 0 Å². The molecular formula is C17H26F2N2. The Kier molecular flexibility index (Phi) is 5.71. The highest BCUT2D eigenvalue weighted by molar-refractivity contribution is 5.23. The van der Waals surface area contributed by atoms with Gasteiger partial charge in [0.1, 0.15) is 11.6 Å². The second-order valence-corrected chi connectivity index (χ2v) is 6.38. The summed E-state index contributed by atoms with van der Waals surface area (Å²) in [6.45, 7) is 8.96. The van der Waals surface area contributed by atoms with E-state index in [2.05, 4.69) is 24.1 Å². The third-order valence-electron chi connectivity index (χ3n) is 4.33. The van der Waals surface area contributed by atoms with Crippen molar-refractivity contribution in [2.45, 2.75) is 45.7 Å². The van der Waals surface area contributed by atoms with E-state index in [0.29, 0.717) is 12.0 Å². The largest absolute Gasteiger partial charge is 0.314 e. The maximum absolute atomic E-state index is 13.9. The summed E-state index contributed by atoms with van der Waals surface area (Å²) in [5.74, 6) is -0.326. The highest BCUT2D eigenvalue weighted by atomic mass is 19.1. The molecule has 0 spiro atoms. The lowest BCUT2D eigenvalue weighted by molar-refractivity contribution is 0.125. The minimum atomic E-state index is -0.440. The lowest BCUT2D eigenvalue weighted by Gasteiger charge is -2.37. The first-order valence-electron chi connectivity index (χ1n) is 7.90. The second-order valence-electron chi connectivity index (χ2n) is 6.38. The number of rotatable bonds is 5. The molecule has 4 heteroatoms. The van der Waals surface area contributed by atoms with Gasteiger partial charge in [0.05, 0.1) is 0 Å². The molecule has 1 aliphatic heterocycles. The van der Waals surface area contributed by atoms with Crippen LogP contribution in [0.15, 0.2) is 18.2 Å². The van der Waals surface area contributed by atoms with E-state index in [1.165, 1.54) is 24.6 Å². The number of hydrogen-bond acceptors (Lipinski definition) is 2. The second kappa shape index (κ2) is 7.32. The van der Waals surface area contributed by atoms with Gasteiger partial charge in [-0.3, -0.25) is 4.90 Å². The molecule has 2 rings (SSSR count). The monoisotopic (exact) mass is 296 g/mol. The van der Waals surface area contributed by atoms with Crippen LogP contribution in [0.2, 0.25) is 0 Å². The fourth-order valence-corrected chi connectivity index (χ4v) is 3.11. The zero-order valence-corrected chi connectivity index (χ0v) is 13.2. The van der Waals surface area contributed by atoms with Crippen LogP contribution in [-0.4, -0.2) is 30.6 Å². The predicted octanol–water partition coefficient (Wildman–Crippen LogP) is 3.74. The van der Waals surface area contributed by atoms with Gasteiger partial charge in [-0.2, -0.15) is 0 Å². The van der Waals surface area contributed by atoms with Gasteiger partial charge in [-0.1, -0.05) is 19.9 Å². The van der Waals surface area contributed by atoms with E-state index in [4.69, 9.17) is 0 Å². The maximum Gasteiger partial charge on any atom is 0.130 e. The van der Waals surface area contributed by atoms with Crippen LogP contribution in [0.5, 0.6) is 0 Å². The zero-order chi connectivity index (χ0) is 15.4. The van der Waals surface area contributed by atoms with Gasteiger partial charge in [0.15, 0.2) is 0 Å². The lowest BCUT2D eigenvalue weighted by atomic mass is 9.94. The number of nitrogens with zero attached hydrogens (tertiary/aromatic N) is 1. The molecule has 0 bridgehead atoms. The molecular weight excluding hydrogens is 270 g/mol. The van der Waals surface area contributed by atoms with Crippen molar-refractivity contribution in [3.05, 3.63) is 35.4 Å². The summed E-state index contributed by atoms with van der Waals surface area (Å²) in [5, 5.41) is 3.46. The number of benzene rings is 1. The fourth-order valence-electron chi connectivity index (χ4n) is 3.11. The molecule has 0 aromatic heterocycles. The molecule has 1 saturated heterocycles. The van der Waals surface area contributed by atoms with E-state index in [1.54, 1.807) is 0 Å². The van der Waals surface area contributed by atoms with Crippen LogP contribution in [0.1, 0.15) is 45.2 Å². The molecule has 1 aromatic rings. The van der Waals surface area contributed by atoms with E-state index < -0.39 is 11.6 Å². The van der Waals surface area contributed by atoms with Gasteiger partial charge >= 0.3 is 0 Å². The number of likely N-dealkylation sites (tertiary alicyclic amines) is 1. The Hall–Kier alpha value is -1.00. The molecule has 0 saturated carbocycles. The molecule has 2 unspecified atom stereocenters. The topological polar surface area (TPSA) is 15.3 Å². The van der Waals surface area contributed by atoms with Crippen LogP contribution in [0.3, 0.4) is 0 Å². The number of halogens is 2. The third kappa shape index (κ3) is 4.24. The van der Waals surface area contributed by atoms with Gasteiger partial charge in [0.25, 0.3) is 0 Å². The van der Waals surface area contributed by atoms with Crippen molar-refractivity contribution >= 4 is 0 Å². The highest BCUT2D eigenvalue weighted by Gasteiger charge is 2.27. The predicted molar refractivity (Wildman–Crippen MR) is 82.2 cm³/mol. The molecule has 1 aromatic carbocycles. The summed E-state index contributed by atoms with van der Waals surface area (Å²) in [5.41, 5.74) is 0.204. The van der Waals surface area contributed by atoms with Crippen LogP contribution in [-0.2, 0) is 0 Å². The van der Waals surface area contributed by atoms with E-state index in [0.717, 1.165) is 26.1 Å². The molecule has 2 nitrogen and oxygen atoms in total. The van der Waals surface area contributed by atoms with Gasteiger partial charge in [0, 0.05) is 24.2 Å². The number of piperidine rings is 1. The first-order chi connectivity index (χ1) is 9.99. The molecule has 0 amide bonds. The first-order valence-corrected chi connectivity index (χ1v) is 7.90. The Morgan fingerprint density at radius 3 is 2.52 bits per heavy atom. The highest BCUT2D eigenvalue weighted by Crippen LogP contribution is 2.29. The summed E-state index contributed by atoms with van der Waals surface area (Å²) in [6.07, 6.45) is 2.27. The lowest BCUT2D eigenvalue weighted by Crippen LogP contribution is -2.42. The molecule has 0 radical (unpaired) electrons. The SMILES string of the molecule is CC(C)NCC1CCCN(C(C)c2c(F)cccc2F)C1. The fraction of sp³-hybridized carbons (Fsp3) is 0.647. The van der Waals surface area contributed by atoms with Gasteiger partial charge in [-0.15, -0.1) is 0 Å². The summed E-state index contributed by atoms with van der Waals surface area (Å²) >= 11 is 0. The molecule has 0 aliphatic carbocycles. The Morgan fingerprint density at radius 1 is 1.24 bits per heavy atom. The van der Waals surface area contributed by atoms with Crippen molar-refractivity contribution in [3.63, 3.8) is 0 Å². The van der Waals surface area contributed by atoms with Crippen LogP contribution in [0.25, 0.3) is 0 Å². The average Bonchev–Trinajstić information content (AvgIpc) is 2.45. The molecule has 1 aliphatic rings. The minimum absolute atomic E-state index is 0.204. The Labute approximate surface area is 126 Å². The van der Waals surface area contributed by atoms with Crippen LogP contribution < -0.4 is 5.32 Å². The van der Waals surface area contributed by atoms with E-state index in [9.17, 15) is 8.78 Å². The molecule has 1 N–H and O–H groups in total. The molecule has 1 fully saturated rings. The number of hydrogen-bond donors (Lipinski definition) is 1. The van der Waals surface area contributed by atoms with E-state index in [1.807, 2.05) is 6.92 Å². The molecule has 2 atom stereocenters. The Balaban J connectivity index is 2.03. The van der Waals surface area contributed by atoms with Crippen molar-refractivity contribution in [1.29, 1.82) is 0 Å². The summed E-state index contributed by atoms with van der Waals surface area (Å²) in [6, 6.07) is 4.37.